The molecule has 3 aromatic carbocycles. The van der Waals surface area contributed by atoms with Crippen molar-refractivity contribution in [2.45, 2.75) is 76.9 Å². The van der Waals surface area contributed by atoms with E-state index in [0.29, 0.717) is 23.6 Å². The van der Waals surface area contributed by atoms with Crippen molar-refractivity contribution < 1.29 is 18.0 Å². The molecular formula is C34H42ClN3O4S. The van der Waals surface area contributed by atoms with Gasteiger partial charge in [0.05, 0.1) is 11.9 Å². The van der Waals surface area contributed by atoms with Gasteiger partial charge in [0.1, 0.15) is 6.04 Å². The van der Waals surface area contributed by atoms with Crippen LogP contribution >= 0.6 is 11.6 Å². The average Bonchev–Trinajstić information content (AvgIpc) is 2.97. The van der Waals surface area contributed by atoms with Crippen molar-refractivity contribution in [2.24, 2.45) is 0 Å². The fourth-order valence-electron chi connectivity index (χ4n) is 5.72. The van der Waals surface area contributed by atoms with Crippen LogP contribution in [0.15, 0.2) is 78.9 Å². The van der Waals surface area contributed by atoms with Gasteiger partial charge in [0, 0.05) is 37.0 Å². The highest BCUT2D eigenvalue weighted by molar-refractivity contribution is 7.92. The van der Waals surface area contributed by atoms with Gasteiger partial charge in [-0.2, -0.15) is 0 Å². The lowest BCUT2D eigenvalue weighted by Gasteiger charge is -2.34. The summed E-state index contributed by atoms with van der Waals surface area (Å²) >= 11 is 6.29. The van der Waals surface area contributed by atoms with Gasteiger partial charge in [0.25, 0.3) is 0 Å². The van der Waals surface area contributed by atoms with Crippen LogP contribution in [-0.4, -0.2) is 50.0 Å². The molecule has 0 bridgehead atoms. The van der Waals surface area contributed by atoms with Crippen LogP contribution in [0.4, 0.5) is 5.69 Å². The summed E-state index contributed by atoms with van der Waals surface area (Å²) in [5.74, 6) is -0.374. The molecule has 2 amide bonds. The molecule has 1 N–H and O–H groups in total. The van der Waals surface area contributed by atoms with Crippen molar-refractivity contribution in [3.63, 3.8) is 0 Å². The lowest BCUT2D eigenvalue weighted by molar-refractivity contribution is -0.141. The van der Waals surface area contributed by atoms with Gasteiger partial charge in [-0.15, -0.1) is 0 Å². The van der Waals surface area contributed by atoms with E-state index < -0.39 is 16.1 Å². The van der Waals surface area contributed by atoms with Crippen LogP contribution < -0.4 is 9.62 Å². The molecule has 3 aromatic rings. The molecule has 9 heteroatoms. The highest BCUT2D eigenvalue weighted by Gasteiger charge is 2.32. The van der Waals surface area contributed by atoms with Crippen LogP contribution in [0, 0.1) is 6.92 Å². The standard InChI is InChI=1S/C34H42ClN3O4S/c1-26-12-9-19-31(22-26)38(43(2,41)42)21-11-20-33(39)37(25-28-15-10-16-29(35)23-28)32(24-27-13-5-3-6-14-27)34(40)36-30-17-7-4-8-18-30/h3,5-6,9-10,12-16,19,22-23,30,32H,4,7-8,11,17-18,20-21,24-25H2,1-2H3,(H,36,40). The third-order valence-corrected chi connectivity index (χ3v) is 9.34. The van der Waals surface area contributed by atoms with Gasteiger partial charge < -0.3 is 10.2 Å². The van der Waals surface area contributed by atoms with E-state index in [9.17, 15) is 18.0 Å². The maximum atomic E-state index is 14.0. The second-order valence-electron chi connectivity index (χ2n) is 11.5. The predicted octanol–water partition coefficient (Wildman–Crippen LogP) is 6.28. The molecule has 230 valence electrons. The third-order valence-electron chi connectivity index (χ3n) is 7.91. The Kier molecular flexibility index (Phi) is 11.7. The van der Waals surface area contributed by atoms with Crippen LogP contribution in [0.2, 0.25) is 5.02 Å². The van der Waals surface area contributed by atoms with Gasteiger partial charge in [-0.05, 0) is 67.1 Å². The number of carbonyl (C=O) groups is 2. The molecule has 1 atom stereocenters. The summed E-state index contributed by atoms with van der Waals surface area (Å²) in [5.41, 5.74) is 3.29. The van der Waals surface area contributed by atoms with Crippen molar-refractivity contribution in [3.8, 4) is 0 Å². The second kappa shape index (κ2) is 15.4. The van der Waals surface area contributed by atoms with E-state index in [1.54, 1.807) is 17.0 Å². The van der Waals surface area contributed by atoms with Gasteiger partial charge in [-0.25, -0.2) is 8.42 Å². The van der Waals surface area contributed by atoms with E-state index in [0.717, 1.165) is 42.4 Å². The number of hydrogen-bond donors (Lipinski definition) is 1. The predicted molar refractivity (Wildman–Crippen MR) is 174 cm³/mol. The number of aryl methyl sites for hydroxylation is 1. The number of hydrogen-bond acceptors (Lipinski definition) is 4. The summed E-state index contributed by atoms with van der Waals surface area (Å²) in [6.07, 6.45) is 7.13. The molecule has 0 heterocycles. The highest BCUT2D eigenvalue weighted by Crippen LogP contribution is 2.23. The Bertz CT molecular complexity index is 1480. The molecule has 4 rings (SSSR count). The minimum absolute atomic E-state index is 0.0837. The zero-order valence-corrected chi connectivity index (χ0v) is 26.6. The molecule has 43 heavy (non-hydrogen) atoms. The Morgan fingerprint density at radius 2 is 1.63 bits per heavy atom. The van der Waals surface area contributed by atoms with Crippen LogP contribution in [0.25, 0.3) is 0 Å². The van der Waals surface area contributed by atoms with E-state index in [4.69, 9.17) is 11.6 Å². The summed E-state index contributed by atoms with van der Waals surface area (Å²) in [4.78, 5) is 29.6. The van der Waals surface area contributed by atoms with Gasteiger partial charge >= 0.3 is 0 Å². The quantitative estimate of drug-likeness (QED) is 0.243. The monoisotopic (exact) mass is 623 g/mol. The minimum Gasteiger partial charge on any atom is -0.352 e. The summed E-state index contributed by atoms with van der Waals surface area (Å²) < 4.78 is 26.7. The molecule has 0 saturated heterocycles. The van der Waals surface area contributed by atoms with E-state index in [-0.39, 0.29) is 37.4 Å². The number of anilines is 1. The van der Waals surface area contributed by atoms with Crippen molar-refractivity contribution in [2.75, 3.05) is 17.1 Å². The fourth-order valence-corrected chi connectivity index (χ4v) is 6.89. The fraction of sp³-hybridized carbons (Fsp3) is 0.412. The van der Waals surface area contributed by atoms with Crippen LogP contribution in [0.5, 0.6) is 0 Å². The number of halogens is 1. The zero-order valence-electron chi connectivity index (χ0n) is 25.0. The lowest BCUT2D eigenvalue weighted by Crippen LogP contribution is -2.52. The van der Waals surface area contributed by atoms with Gasteiger partial charge in [0.2, 0.25) is 21.8 Å². The smallest absolute Gasteiger partial charge is 0.243 e. The van der Waals surface area contributed by atoms with Crippen LogP contribution in [-0.2, 0) is 32.6 Å². The molecule has 7 nitrogen and oxygen atoms in total. The Balaban J connectivity index is 1.59. The maximum Gasteiger partial charge on any atom is 0.243 e. The number of nitrogens with zero attached hydrogens (tertiary/aromatic N) is 2. The lowest BCUT2D eigenvalue weighted by atomic mass is 9.94. The Morgan fingerprint density at radius 3 is 2.30 bits per heavy atom. The number of carbonyl (C=O) groups excluding carboxylic acids is 2. The van der Waals surface area contributed by atoms with E-state index in [1.165, 1.54) is 17.0 Å². The van der Waals surface area contributed by atoms with Crippen molar-refractivity contribution in [1.29, 1.82) is 0 Å². The van der Waals surface area contributed by atoms with Crippen molar-refractivity contribution in [1.82, 2.24) is 10.2 Å². The molecule has 1 fully saturated rings. The molecular weight excluding hydrogens is 582 g/mol. The number of rotatable bonds is 13. The Labute approximate surface area is 261 Å². The maximum absolute atomic E-state index is 14.0. The summed E-state index contributed by atoms with van der Waals surface area (Å²) in [6.45, 7) is 2.27. The Hall–Kier alpha value is -3.36. The largest absolute Gasteiger partial charge is 0.352 e. The van der Waals surface area contributed by atoms with E-state index in [1.807, 2.05) is 73.7 Å². The number of amides is 2. The van der Waals surface area contributed by atoms with Gasteiger partial charge in [-0.3, -0.25) is 13.9 Å². The zero-order chi connectivity index (χ0) is 30.8. The molecule has 0 aliphatic heterocycles. The minimum atomic E-state index is -3.56. The average molecular weight is 624 g/mol. The summed E-state index contributed by atoms with van der Waals surface area (Å²) in [6, 6.07) is 23.7. The van der Waals surface area contributed by atoms with Crippen LogP contribution in [0.3, 0.4) is 0 Å². The number of benzene rings is 3. The van der Waals surface area contributed by atoms with Crippen LogP contribution in [0.1, 0.15) is 61.6 Å². The summed E-state index contributed by atoms with van der Waals surface area (Å²) in [5, 5.41) is 3.80. The summed E-state index contributed by atoms with van der Waals surface area (Å²) in [7, 11) is -3.56. The first kappa shape index (κ1) is 32.6. The second-order valence-corrected chi connectivity index (χ2v) is 13.8. The molecule has 0 spiro atoms. The topological polar surface area (TPSA) is 86.8 Å². The SMILES string of the molecule is Cc1cccc(N(CCCC(=O)N(Cc2cccc(Cl)c2)C(Cc2ccccc2)C(=O)NC2CCCCC2)S(C)(=O)=O)c1. The number of nitrogens with one attached hydrogen (secondary N) is 1. The van der Waals surface area contributed by atoms with E-state index in [2.05, 4.69) is 5.32 Å². The molecule has 1 unspecified atom stereocenters. The first-order valence-electron chi connectivity index (χ1n) is 15.0. The first-order valence-corrected chi connectivity index (χ1v) is 17.3. The molecule has 0 radical (unpaired) electrons. The van der Waals surface area contributed by atoms with Gasteiger partial charge in [0.15, 0.2) is 0 Å². The molecule has 1 aliphatic carbocycles. The highest BCUT2D eigenvalue weighted by atomic mass is 35.5. The van der Waals surface area contributed by atoms with E-state index >= 15 is 0 Å². The number of sulfonamides is 1. The third kappa shape index (κ3) is 9.83. The Morgan fingerprint density at radius 1 is 0.930 bits per heavy atom. The molecule has 0 aromatic heterocycles. The van der Waals surface area contributed by atoms with Crippen molar-refractivity contribution >= 4 is 39.1 Å². The molecule has 1 saturated carbocycles. The van der Waals surface area contributed by atoms with Gasteiger partial charge in [-0.1, -0.05) is 85.5 Å². The first-order chi connectivity index (χ1) is 20.6. The van der Waals surface area contributed by atoms with Crippen molar-refractivity contribution in [3.05, 3.63) is 101 Å². The molecule has 1 aliphatic rings. The normalized spacial score (nSPS) is 14.6.